The maximum absolute atomic E-state index is 5.81. The number of nitrogens with two attached hydrogens (primary N) is 1. The summed E-state index contributed by atoms with van der Waals surface area (Å²) in [5, 5.41) is 0. The van der Waals surface area contributed by atoms with Gasteiger partial charge in [0.05, 0.1) is 0 Å². The minimum absolute atomic E-state index is 0.574. The molecule has 0 radical (unpaired) electrons. The zero-order valence-electron chi connectivity index (χ0n) is 10.5. The van der Waals surface area contributed by atoms with Crippen LogP contribution in [0.4, 0.5) is 5.69 Å². The topological polar surface area (TPSA) is 29.3 Å². The van der Waals surface area contributed by atoms with Gasteiger partial charge in [-0.15, -0.1) is 0 Å². The smallest absolute Gasteiger partial charge is 0.0428 e. The molecule has 1 heterocycles. The van der Waals surface area contributed by atoms with Gasteiger partial charge in [-0.1, -0.05) is 18.2 Å². The number of rotatable bonds is 2. The van der Waals surface area contributed by atoms with Crippen LogP contribution in [0.2, 0.25) is 0 Å². The fraction of sp³-hybridized carbons (Fsp3) is 0.571. The van der Waals surface area contributed by atoms with Gasteiger partial charge in [-0.2, -0.15) is 0 Å². The average molecular weight is 218 g/mol. The third kappa shape index (κ3) is 1.82. The standard InChI is InChI=1S/C14H22N2/c1-10-5-4-6-11(2)14(10)16-8-7-13(9-15)12(16)3/h4-6,12-13H,7-9,15H2,1-3H3. The molecule has 0 aliphatic carbocycles. The Morgan fingerprint density at radius 1 is 1.31 bits per heavy atom. The minimum atomic E-state index is 0.574. The molecule has 1 saturated heterocycles. The van der Waals surface area contributed by atoms with Crippen LogP contribution < -0.4 is 10.6 Å². The Kier molecular flexibility index (Phi) is 3.20. The largest absolute Gasteiger partial charge is 0.368 e. The van der Waals surface area contributed by atoms with Gasteiger partial charge in [0.15, 0.2) is 0 Å². The quantitative estimate of drug-likeness (QED) is 0.826. The summed E-state index contributed by atoms with van der Waals surface area (Å²) in [7, 11) is 0. The molecule has 0 amide bonds. The molecule has 16 heavy (non-hydrogen) atoms. The third-order valence-corrected chi connectivity index (χ3v) is 3.94. The lowest BCUT2D eigenvalue weighted by molar-refractivity contribution is 0.508. The molecular formula is C14H22N2. The van der Waals surface area contributed by atoms with Crippen LogP contribution in [0.25, 0.3) is 0 Å². The van der Waals surface area contributed by atoms with E-state index in [9.17, 15) is 0 Å². The second-order valence-electron chi connectivity index (χ2n) is 4.96. The zero-order chi connectivity index (χ0) is 11.7. The Morgan fingerprint density at radius 2 is 1.94 bits per heavy atom. The van der Waals surface area contributed by atoms with Gasteiger partial charge in [0.1, 0.15) is 0 Å². The van der Waals surface area contributed by atoms with E-state index >= 15 is 0 Å². The third-order valence-electron chi connectivity index (χ3n) is 3.94. The molecule has 2 nitrogen and oxygen atoms in total. The maximum atomic E-state index is 5.81. The van der Waals surface area contributed by atoms with E-state index in [1.54, 1.807) is 0 Å². The van der Waals surface area contributed by atoms with E-state index < -0.39 is 0 Å². The highest BCUT2D eigenvalue weighted by Crippen LogP contribution is 2.33. The van der Waals surface area contributed by atoms with Crippen molar-refractivity contribution in [2.24, 2.45) is 11.7 Å². The maximum Gasteiger partial charge on any atom is 0.0428 e. The van der Waals surface area contributed by atoms with Crippen molar-refractivity contribution < 1.29 is 0 Å². The summed E-state index contributed by atoms with van der Waals surface area (Å²) < 4.78 is 0. The van der Waals surface area contributed by atoms with Crippen LogP contribution in [0, 0.1) is 19.8 Å². The second kappa shape index (κ2) is 4.46. The molecule has 2 heteroatoms. The van der Waals surface area contributed by atoms with Gasteiger partial charge < -0.3 is 10.6 Å². The molecule has 1 aliphatic heterocycles. The zero-order valence-corrected chi connectivity index (χ0v) is 10.5. The van der Waals surface area contributed by atoms with Gasteiger partial charge in [-0.05, 0) is 50.8 Å². The Morgan fingerprint density at radius 3 is 2.44 bits per heavy atom. The lowest BCUT2D eigenvalue weighted by Gasteiger charge is -2.29. The van der Waals surface area contributed by atoms with E-state index in [2.05, 4.69) is 43.9 Å². The molecule has 1 aliphatic rings. The average Bonchev–Trinajstić information content (AvgIpc) is 2.60. The monoisotopic (exact) mass is 218 g/mol. The van der Waals surface area contributed by atoms with Crippen molar-refractivity contribution in [2.45, 2.75) is 33.2 Å². The number of aryl methyl sites for hydroxylation is 2. The number of para-hydroxylation sites is 1. The lowest BCUT2D eigenvalue weighted by atomic mass is 10.0. The molecule has 1 aromatic rings. The summed E-state index contributed by atoms with van der Waals surface area (Å²) in [4.78, 5) is 2.53. The molecule has 2 rings (SSSR count). The first-order valence-corrected chi connectivity index (χ1v) is 6.18. The summed E-state index contributed by atoms with van der Waals surface area (Å²) in [5.41, 5.74) is 9.99. The van der Waals surface area contributed by atoms with Gasteiger partial charge in [0, 0.05) is 18.3 Å². The highest BCUT2D eigenvalue weighted by molar-refractivity contribution is 5.60. The van der Waals surface area contributed by atoms with E-state index in [-0.39, 0.29) is 0 Å². The molecule has 1 fully saturated rings. The molecule has 0 spiro atoms. The Balaban J connectivity index is 2.32. The summed E-state index contributed by atoms with van der Waals surface area (Å²) in [5.74, 6) is 0.652. The molecule has 2 N–H and O–H groups in total. The molecule has 88 valence electrons. The fourth-order valence-electron chi connectivity index (χ4n) is 2.89. The molecule has 0 saturated carbocycles. The van der Waals surface area contributed by atoms with E-state index in [0.29, 0.717) is 12.0 Å². The Bertz CT molecular complexity index is 353. The lowest BCUT2D eigenvalue weighted by Crippen LogP contribution is -2.33. The number of hydrogen-bond acceptors (Lipinski definition) is 2. The first-order chi connectivity index (χ1) is 7.65. The highest BCUT2D eigenvalue weighted by Gasteiger charge is 2.30. The Hall–Kier alpha value is -1.02. The van der Waals surface area contributed by atoms with Crippen LogP contribution in [-0.4, -0.2) is 19.1 Å². The first kappa shape index (κ1) is 11.5. The first-order valence-electron chi connectivity index (χ1n) is 6.18. The Labute approximate surface area is 98.4 Å². The molecule has 2 atom stereocenters. The van der Waals surface area contributed by atoms with Gasteiger partial charge in [0.2, 0.25) is 0 Å². The molecular weight excluding hydrogens is 196 g/mol. The SMILES string of the molecule is Cc1cccc(C)c1N1CCC(CN)C1C. The van der Waals surface area contributed by atoms with Gasteiger partial charge in [-0.25, -0.2) is 0 Å². The molecule has 1 aromatic carbocycles. The van der Waals surface area contributed by atoms with Crippen LogP contribution >= 0.6 is 0 Å². The van der Waals surface area contributed by atoms with Crippen molar-refractivity contribution in [3.05, 3.63) is 29.3 Å². The summed E-state index contributed by atoms with van der Waals surface area (Å²) in [6.07, 6.45) is 1.23. The van der Waals surface area contributed by atoms with E-state index in [1.807, 2.05) is 0 Å². The van der Waals surface area contributed by atoms with Gasteiger partial charge >= 0.3 is 0 Å². The van der Waals surface area contributed by atoms with Crippen molar-refractivity contribution in [3.63, 3.8) is 0 Å². The molecule has 0 aromatic heterocycles. The highest BCUT2D eigenvalue weighted by atomic mass is 15.2. The van der Waals surface area contributed by atoms with E-state index in [1.165, 1.54) is 23.2 Å². The van der Waals surface area contributed by atoms with Crippen LogP contribution in [0.5, 0.6) is 0 Å². The number of benzene rings is 1. The van der Waals surface area contributed by atoms with Crippen LogP contribution in [-0.2, 0) is 0 Å². The summed E-state index contributed by atoms with van der Waals surface area (Å²) >= 11 is 0. The normalized spacial score (nSPS) is 25.1. The fourth-order valence-corrected chi connectivity index (χ4v) is 2.89. The number of nitrogens with zero attached hydrogens (tertiary/aromatic N) is 1. The number of anilines is 1. The molecule has 0 bridgehead atoms. The van der Waals surface area contributed by atoms with Crippen molar-refractivity contribution in [1.29, 1.82) is 0 Å². The van der Waals surface area contributed by atoms with E-state index in [0.717, 1.165) is 13.1 Å². The number of hydrogen-bond donors (Lipinski definition) is 1. The predicted molar refractivity (Wildman–Crippen MR) is 69.9 cm³/mol. The second-order valence-corrected chi connectivity index (χ2v) is 4.96. The van der Waals surface area contributed by atoms with E-state index in [4.69, 9.17) is 5.73 Å². The predicted octanol–water partition coefficient (Wildman–Crippen LogP) is 2.48. The van der Waals surface area contributed by atoms with Crippen LogP contribution in [0.3, 0.4) is 0 Å². The van der Waals surface area contributed by atoms with Crippen molar-refractivity contribution in [3.8, 4) is 0 Å². The van der Waals surface area contributed by atoms with Crippen LogP contribution in [0.1, 0.15) is 24.5 Å². The summed E-state index contributed by atoms with van der Waals surface area (Å²) in [6, 6.07) is 7.11. The van der Waals surface area contributed by atoms with Crippen molar-refractivity contribution in [1.82, 2.24) is 0 Å². The van der Waals surface area contributed by atoms with Gasteiger partial charge in [-0.3, -0.25) is 0 Å². The van der Waals surface area contributed by atoms with Crippen molar-refractivity contribution >= 4 is 5.69 Å². The van der Waals surface area contributed by atoms with Gasteiger partial charge in [0.25, 0.3) is 0 Å². The van der Waals surface area contributed by atoms with Crippen LogP contribution in [0.15, 0.2) is 18.2 Å². The minimum Gasteiger partial charge on any atom is -0.368 e. The molecule has 2 unspecified atom stereocenters. The summed E-state index contributed by atoms with van der Waals surface area (Å²) in [6.45, 7) is 8.66. The van der Waals surface area contributed by atoms with Crippen molar-refractivity contribution in [2.75, 3.05) is 18.0 Å².